The van der Waals surface area contributed by atoms with Crippen molar-refractivity contribution >= 4 is 35.3 Å². The molecule has 2 N–H and O–H groups in total. The number of carboxylic acid groups (broad SMARTS) is 1. The fourth-order valence-corrected chi connectivity index (χ4v) is 5.77. The second-order valence-corrected chi connectivity index (χ2v) is 11.4. The van der Waals surface area contributed by atoms with Gasteiger partial charge in [-0.3, -0.25) is 4.79 Å². The zero-order valence-electron chi connectivity index (χ0n) is 21.8. The van der Waals surface area contributed by atoms with Gasteiger partial charge in [-0.05, 0) is 97.5 Å². The van der Waals surface area contributed by atoms with E-state index in [-0.39, 0.29) is 5.91 Å². The number of amides is 1. The summed E-state index contributed by atoms with van der Waals surface area (Å²) in [6, 6.07) is 14.5. The van der Waals surface area contributed by atoms with Gasteiger partial charge in [0.1, 0.15) is 23.4 Å². The minimum atomic E-state index is -1.28. The SMILES string of the molecule is O=C(O)OC1CCOc2c1cc(C1CC1)c(Oc1ccc(C(=O)NCCc3ccc(Cl)cc3Cl)cc1)c2C1CC1. The van der Waals surface area contributed by atoms with Gasteiger partial charge in [0.25, 0.3) is 5.91 Å². The van der Waals surface area contributed by atoms with Crippen LogP contribution in [0.4, 0.5) is 4.79 Å². The van der Waals surface area contributed by atoms with E-state index in [1.165, 1.54) is 0 Å². The van der Waals surface area contributed by atoms with E-state index in [4.69, 9.17) is 37.4 Å². The number of fused-ring (bicyclic) bond motifs is 1. The highest BCUT2D eigenvalue weighted by Gasteiger charge is 2.40. The van der Waals surface area contributed by atoms with E-state index in [1.807, 2.05) is 12.1 Å². The molecule has 1 atom stereocenters. The second-order valence-electron chi connectivity index (χ2n) is 10.6. The number of hydrogen-bond acceptors (Lipinski definition) is 5. The maximum atomic E-state index is 12.7. The largest absolute Gasteiger partial charge is 0.506 e. The van der Waals surface area contributed by atoms with Gasteiger partial charge in [0.05, 0.1) is 6.61 Å². The van der Waals surface area contributed by atoms with Gasteiger partial charge in [0.15, 0.2) is 0 Å². The normalized spacial score (nSPS) is 17.9. The lowest BCUT2D eigenvalue weighted by molar-refractivity contribution is 0.0323. The van der Waals surface area contributed by atoms with Crippen LogP contribution < -0.4 is 14.8 Å². The summed E-state index contributed by atoms with van der Waals surface area (Å²) in [5, 5.41) is 13.4. The first-order valence-corrected chi connectivity index (χ1v) is 14.4. The van der Waals surface area contributed by atoms with E-state index < -0.39 is 12.3 Å². The van der Waals surface area contributed by atoms with Crippen LogP contribution in [-0.2, 0) is 11.2 Å². The molecule has 1 amide bonds. The first-order valence-electron chi connectivity index (χ1n) is 13.6. The van der Waals surface area contributed by atoms with Gasteiger partial charge < -0.3 is 24.6 Å². The maximum absolute atomic E-state index is 12.7. The minimum absolute atomic E-state index is 0.180. The Balaban J connectivity index is 1.20. The lowest BCUT2D eigenvalue weighted by Gasteiger charge is -2.29. The highest BCUT2D eigenvalue weighted by molar-refractivity contribution is 6.35. The second kappa shape index (κ2) is 11.2. The molecule has 0 spiro atoms. The number of nitrogens with one attached hydrogen (secondary N) is 1. The third-order valence-corrected chi connectivity index (χ3v) is 8.16. The summed E-state index contributed by atoms with van der Waals surface area (Å²) < 4.78 is 17.9. The van der Waals surface area contributed by atoms with Gasteiger partial charge in [-0.25, -0.2) is 4.79 Å². The summed E-state index contributed by atoms with van der Waals surface area (Å²) in [6.45, 7) is 0.830. The molecule has 9 heteroatoms. The standard InChI is InChI=1S/C31H29Cl2NO6/c32-21-8-5-18(25(33)15-21)11-13-34-30(35)20-6-9-22(10-7-20)39-29-23(17-1-2-17)16-24-26(40-31(36)37)12-14-38-28(24)27(29)19-3-4-19/h5-10,15-17,19,26H,1-4,11-14H2,(H,34,35)(H,36,37). The number of ether oxygens (including phenoxy) is 3. The Morgan fingerprint density at radius 3 is 2.38 bits per heavy atom. The van der Waals surface area contributed by atoms with Crippen molar-refractivity contribution in [2.45, 2.75) is 56.5 Å². The molecular formula is C31H29Cl2NO6. The molecule has 3 aromatic rings. The van der Waals surface area contributed by atoms with Crippen molar-refractivity contribution < 1.29 is 28.9 Å². The topological polar surface area (TPSA) is 94.1 Å². The molecule has 0 radical (unpaired) electrons. The number of carbonyl (C=O) groups excluding carboxylic acids is 1. The Morgan fingerprint density at radius 2 is 1.70 bits per heavy atom. The van der Waals surface area contributed by atoms with Crippen LogP contribution in [0.15, 0.2) is 48.5 Å². The van der Waals surface area contributed by atoms with Gasteiger partial charge in [0, 0.05) is 39.7 Å². The summed E-state index contributed by atoms with van der Waals surface area (Å²) in [5.74, 6) is 2.63. The smallest absolute Gasteiger partial charge is 0.493 e. The Labute approximate surface area is 242 Å². The van der Waals surface area contributed by atoms with E-state index in [9.17, 15) is 14.7 Å². The fourth-order valence-electron chi connectivity index (χ4n) is 5.26. The summed E-state index contributed by atoms with van der Waals surface area (Å²) in [7, 11) is 0. The summed E-state index contributed by atoms with van der Waals surface area (Å²) in [5.41, 5.74) is 4.34. The molecule has 6 rings (SSSR count). The number of benzene rings is 3. The molecule has 208 valence electrons. The van der Waals surface area contributed by atoms with Crippen LogP contribution in [0.5, 0.6) is 17.2 Å². The highest BCUT2D eigenvalue weighted by Crippen LogP contribution is 2.58. The predicted octanol–water partition coefficient (Wildman–Crippen LogP) is 8.03. The molecule has 2 aliphatic carbocycles. The van der Waals surface area contributed by atoms with E-state index in [0.717, 1.165) is 53.7 Å². The number of hydrogen-bond donors (Lipinski definition) is 2. The quantitative estimate of drug-likeness (QED) is 0.248. The van der Waals surface area contributed by atoms with Crippen LogP contribution in [0.2, 0.25) is 10.0 Å². The zero-order chi connectivity index (χ0) is 27.8. The van der Waals surface area contributed by atoms with Crippen molar-refractivity contribution in [3.05, 3.63) is 86.4 Å². The van der Waals surface area contributed by atoms with E-state index in [2.05, 4.69) is 5.32 Å². The van der Waals surface area contributed by atoms with Gasteiger partial charge in [0.2, 0.25) is 0 Å². The summed E-state index contributed by atoms with van der Waals surface area (Å²) in [4.78, 5) is 24.1. The number of carbonyl (C=O) groups is 2. The maximum Gasteiger partial charge on any atom is 0.506 e. The van der Waals surface area contributed by atoms with Gasteiger partial charge in [-0.1, -0.05) is 29.3 Å². The Kier molecular flexibility index (Phi) is 7.51. The molecule has 7 nitrogen and oxygen atoms in total. The van der Waals surface area contributed by atoms with Crippen LogP contribution in [0.3, 0.4) is 0 Å². The highest BCUT2D eigenvalue weighted by atomic mass is 35.5. The first kappa shape index (κ1) is 26.8. The Morgan fingerprint density at radius 1 is 0.950 bits per heavy atom. The molecule has 3 aromatic carbocycles. The summed E-state index contributed by atoms with van der Waals surface area (Å²) >= 11 is 12.2. The van der Waals surface area contributed by atoms with Crippen molar-refractivity contribution in [2.75, 3.05) is 13.2 Å². The molecule has 2 fully saturated rings. The molecule has 1 unspecified atom stereocenters. The molecule has 0 saturated heterocycles. The van der Waals surface area contributed by atoms with Crippen molar-refractivity contribution in [1.82, 2.24) is 5.32 Å². The molecule has 1 aliphatic heterocycles. The average Bonchev–Trinajstić information content (AvgIpc) is 3.84. The average molecular weight is 582 g/mol. The first-order chi connectivity index (χ1) is 19.4. The van der Waals surface area contributed by atoms with Crippen LogP contribution in [-0.4, -0.2) is 30.3 Å². The van der Waals surface area contributed by atoms with E-state index in [0.29, 0.717) is 64.9 Å². The molecule has 0 bridgehead atoms. The third-order valence-electron chi connectivity index (χ3n) is 7.58. The Hall–Kier alpha value is -3.42. The minimum Gasteiger partial charge on any atom is -0.493 e. The number of halogens is 2. The molecule has 40 heavy (non-hydrogen) atoms. The molecule has 0 aromatic heterocycles. The zero-order valence-corrected chi connectivity index (χ0v) is 23.3. The van der Waals surface area contributed by atoms with Crippen molar-refractivity contribution in [3.8, 4) is 17.2 Å². The lowest BCUT2D eigenvalue weighted by atomic mass is 9.91. The molecular weight excluding hydrogens is 553 g/mol. The third kappa shape index (κ3) is 5.86. The number of rotatable bonds is 9. The van der Waals surface area contributed by atoms with Gasteiger partial charge in [-0.2, -0.15) is 0 Å². The van der Waals surface area contributed by atoms with Gasteiger partial charge in [-0.15, -0.1) is 0 Å². The van der Waals surface area contributed by atoms with Crippen molar-refractivity contribution in [2.24, 2.45) is 0 Å². The van der Waals surface area contributed by atoms with Crippen molar-refractivity contribution in [1.29, 1.82) is 0 Å². The molecule has 2 saturated carbocycles. The fraction of sp³-hybridized carbons (Fsp3) is 0.355. The van der Waals surface area contributed by atoms with Gasteiger partial charge >= 0.3 is 6.16 Å². The van der Waals surface area contributed by atoms with Crippen molar-refractivity contribution in [3.63, 3.8) is 0 Å². The Bertz CT molecular complexity index is 1450. The monoisotopic (exact) mass is 581 g/mol. The predicted molar refractivity (Wildman–Crippen MR) is 151 cm³/mol. The summed E-state index contributed by atoms with van der Waals surface area (Å²) in [6.07, 6.45) is 3.45. The molecule has 3 aliphatic rings. The molecule has 1 heterocycles. The van der Waals surface area contributed by atoms with E-state index in [1.54, 1.807) is 36.4 Å². The van der Waals surface area contributed by atoms with Crippen LogP contribution in [0, 0.1) is 0 Å². The van der Waals surface area contributed by atoms with Crippen LogP contribution >= 0.6 is 23.2 Å². The van der Waals surface area contributed by atoms with Crippen LogP contribution in [0.25, 0.3) is 0 Å². The van der Waals surface area contributed by atoms with Crippen LogP contribution in [0.1, 0.15) is 82.7 Å². The van der Waals surface area contributed by atoms with E-state index >= 15 is 0 Å². The lowest BCUT2D eigenvalue weighted by Crippen LogP contribution is -2.25.